The van der Waals surface area contributed by atoms with Gasteiger partial charge in [-0.05, 0) is 43.4 Å². The fourth-order valence-corrected chi connectivity index (χ4v) is 4.37. The number of benzene rings is 2. The molecule has 3 aromatic rings. The van der Waals surface area contributed by atoms with Gasteiger partial charge < -0.3 is 20.1 Å². The van der Waals surface area contributed by atoms with E-state index in [9.17, 15) is 19.5 Å². The lowest BCUT2D eigenvalue weighted by Gasteiger charge is -2.27. The third kappa shape index (κ3) is 6.62. The van der Waals surface area contributed by atoms with Crippen molar-refractivity contribution < 1.29 is 24.2 Å². The normalized spacial score (nSPS) is 14.7. The fraction of sp³-hybridized carbons (Fsp3) is 0.357. The van der Waals surface area contributed by atoms with Crippen LogP contribution in [0.15, 0.2) is 60.7 Å². The molecule has 9 nitrogen and oxygen atoms in total. The van der Waals surface area contributed by atoms with Gasteiger partial charge in [0.1, 0.15) is 5.69 Å². The van der Waals surface area contributed by atoms with Gasteiger partial charge in [-0.25, -0.2) is 0 Å². The van der Waals surface area contributed by atoms with Crippen molar-refractivity contribution in [3.63, 3.8) is 0 Å². The van der Waals surface area contributed by atoms with Crippen LogP contribution in [0.5, 0.6) is 0 Å². The van der Waals surface area contributed by atoms with Crippen LogP contribution in [0.3, 0.4) is 0 Å². The summed E-state index contributed by atoms with van der Waals surface area (Å²) in [7, 11) is 0. The summed E-state index contributed by atoms with van der Waals surface area (Å²) in [5.74, 6) is -1.65. The molecule has 0 radical (unpaired) electrons. The Balaban J connectivity index is 1.47. The topological polar surface area (TPSA) is 125 Å². The first kappa shape index (κ1) is 26.1. The molecule has 2 amide bonds. The van der Waals surface area contributed by atoms with E-state index in [0.717, 1.165) is 16.7 Å². The van der Waals surface area contributed by atoms with E-state index in [2.05, 4.69) is 15.5 Å². The molecule has 2 heterocycles. The maximum Gasteiger partial charge on any atom is 0.309 e. The molecule has 194 valence electrons. The number of carbonyl (C=O) groups excluding carboxylic acids is 2. The number of nitrogens with zero attached hydrogens (tertiary/aromatic N) is 2. The molecule has 4 rings (SSSR count). The number of carboxylic acid groups (broad SMARTS) is 1. The predicted octanol–water partition coefficient (Wildman–Crippen LogP) is 3.39. The van der Waals surface area contributed by atoms with Gasteiger partial charge in [0.2, 0.25) is 0 Å². The Labute approximate surface area is 215 Å². The quantitative estimate of drug-likeness (QED) is 0.410. The fourth-order valence-electron chi connectivity index (χ4n) is 4.37. The molecule has 3 N–H and O–H groups in total. The SMILES string of the molecule is CC(C)(CC(Cc1ccc(-c2ccccc2)cc1)NC(=O)c1cc(C(=O)N2CCOCC2)[nH]n1)C(=O)O. The molecule has 1 saturated heterocycles. The monoisotopic (exact) mass is 504 g/mol. The molecular weight excluding hydrogens is 472 g/mol. The Kier molecular flexibility index (Phi) is 8.03. The molecule has 1 aromatic heterocycles. The summed E-state index contributed by atoms with van der Waals surface area (Å²) in [4.78, 5) is 39.2. The summed E-state index contributed by atoms with van der Waals surface area (Å²) in [6, 6.07) is 19.0. The largest absolute Gasteiger partial charge is 0.481 e. The highest BCUT2D eigenvalue weighted by atomic mass is 16.5. The Morgan fingerprint density at radius 3 is 2.35 bits per heavy atom. The third-order valence-electron chi connectivity index (χ3n) is 6.55. The summed E-state index contributed by atoms with van der Waals surface area (Å²) in [5.41, 5.74) is 2.40. The smallest absolute Gasteiger partial charge is 0.309 e. The number of amides is 2. The van der Waals surface area contributed by atoms with Gasteiger partial charge in [-0.1, -0.05) is 54.6 Å². The van der Waals surface area contributed by atoms with Crippen molar-refractivity contribution in [1.82, 2.24) is 20.4 Å². The lowest BCUT2D eigenvalue weighted by molar-refractivity contribution is -0.147. The zero-order valence-corrected chi connectivity index (χ0v) is 21.1. The van der Waals surface area contributed by atoms with Crippen molar-refractivity contribution in [3.8, 4) is 11.1 Å². The second kappa shape index (κ2) is 11.4. The lowest BCUT2D eigenvalue weighted by atomic mass is 9.83. The van der Waals surface area contributed by atoms with E-state index < -0.39 is 23.3 Å². The summed E-state index contributed by atoms with van der Waals surface area (Å²) in [5, 5.41) is 19.3. The number of hydrogen-bond acceptors (Lipinski definition) is 5. The first-order valence-corrected chi connectivity index (χ1v) is 12.3. The molecule has 1 unspecified atom stereocenters. The van der Waals surface area contributed by atoms with Gasteiger partial charge in [-0.15, -0.1) is 0 Å². The van der Waals surface area contributed by atoms with Crippen molar-refractivity contribution in [1.29, 1.82) is 0 Å². The first-order valence-electron chi connectivity index (χ1n) is 12.3. The Hall–Kier alpha value is -3.98. The van der Waals surface area contributed by atoms with E-state index in [-0.39, 0.29) is 23.7 Å². The molecule has 1 atom stereocenters. The second-order valence-corrected chi connectivity index (χ2v) is 9.90. The van der Waals surface area contributed by atoms with Crippen LogP contribution in [-0.2, 0) is 16.0 Å². The van der Waals surface area contributed by atoms with Gasteiger partial charge in [0, 0.05) is 25.2 Å². The maximum absolute atomic E-state index is 13.1. The van der Waals surface area contributed by atoms with Gasteiger partial charge in [-0.3, -0.25) is 19.5 Å². The Bertz CT molecular complexity index is 1230. The number of carbonyl (C=O) groups is 3. The van der Waals surface area contributed by atoms with Crippen LogP contribution in [0.2, 0.25) is 0 Å². The molecule has 37 heavy (non-hydrogen) atoms. The van der Waals surface area contributed by atoms with Crippen molar-refractivity contribution in [2.24, 2.45) is 5.41 Å². The van der Waals surface area contributed by atoms with Crippen LogP contribution in [0, 0.1) is 5.41 Å². The van der Waals surface area contributed by atoms with E-state index >= 15 is 0 Å². The van der Waals surface area contributed by atoms with Crippen molar-refractivity contribution >= 4 is 17.8 Å². The summed E-state index contributed by atoms with van der Waals surface area (Å²) in [6.45, 7) is 5.19. The second-order valence-electron chi connectivity index (χ2n) is 9.90. The highest BCUT2D eigenvalue weighted by Gasteiger charge is 2.32. The number of aromatic nitrogens is 2. The van der Waals surface area contributed by atoms with E-state index in [0.29, 0.717) is 32.7 Å². The summed E-state index contributed by atoms with van der Waals surface area (Å²) in [6.07, 6.45) is 0.667. The van der Waals surface area contributed by atoms with Crippen LogP contribution in [0.1, 0.15) is 46.8 Å². The highest BCUT2D eigenvalue weighted by molar-refractivity contribution is 5.97. The Morgan fingerprint density at radius 1 is 1.05 bits per heavy atom. The van der Waals surface area contributed by atoms with Gasteiger partial charge in [0.25, 0.3) is 11.8 Å². The standard InChI is InChI=1S/C28H32N4O5/c1-28(2,27(35)36)18-22(16-19-8-10-21(11-9-19)20-6-4-3-5-7-20)29-25(33)23-17-24(31-30-23)26(34)32-12-14-37-15-13-32/h3-11,17,22H,12-16,18H2,1-2H3,(H,29,33)(H,30,31)(H,35,36). The number of aromatic amines is 1. The number of morpholine rings is 1. The molecule has 9 heteroatoms. The minimum atomic E-state index is -1.05. The van der Waals surface area contributed by atoms with Crippen LogP contribution in [-0.4, -0.2) is 70.3 Å². The maximum atomic E-state index is 13.1. The molecule has 0 bridgehead atoms. The number of H-pyrrole nitrogens is 1. The minimum absolute atomic E-state index is 0.0779. The number of carboxylic acids is 1. The van der Waals surface area contributed by atoms with Crippen molar-refractivity contribution in [2.75, 3.05) is 26.3 Å². The van der Waals surface area contributed by atoms with E-state index in [1.807, 2.05) is 54.6 Å². The van der Waals surface area contributed by atoms with Crippen LogP contribution in [0.4, 0.5) is 0 Å². The Morgan fingerprint density at radius 2 is 1.70 bits per heavy atom. The molecule has 1 aliphatic rings. The van der Waals surface area contributed by atoms with Crippen LogP contribution in [0.25, 0.3) is 11.1 Å². The van der Waals surface area contributed by atoms with Crippen molar-refractivity contribution in [2.45, 2.75) is 32.7 Å². The number of aliphatic carboxylic acids is 1. The number of hydrogen-bond donors (Lipinski definition) is 3. The van der Waals surface area contributed by atoms with E-state index in [1.165, 1.54) is 6.07 Å². The molecule has 1 aliphatic heterocycles. The zero-order valence-electron chi connectivity index (χ0n) is 21.1. The molecular formula is C28H32N4O5. The molecule has 0 aliphatic carbocycles. The zero-order chi connectivity index (χ0) is 26.4. The van der Waals surface area contributed by atoms with E-state index in [1.54, 1.807) is 18.7 Å². The van der Waals surface area contributed by atoms with Crippen LogP contribution >= 0.6 is 0 Å². The number of ether oxygens (including phenoxy) is 1. The molecule has 2 aromatic carbocycles. The van der Waals surface area contributed by atoms with Gasteiger partial charge in [-0.2, -0.15) is 5.10 Å². The van der Waals surface area contributed by atoms with E-state index in [4.69, 9.17) is 4.74 Å². The molecule has 1 fully saturated rings. The average Bonchev–Trinajstić information content (AvgIpc) is 3.40. The summed E-state index contributed by atoms with van der Waals surface area (Å²) < 4.78 is 5.28. The van der Waals surface area contributed by atoms with Gasteiger partial charge >= 0.3 is 5.97 Å². The third-order valence-corrected chi connectivity index (χ3v) is 6.55. The molecule has 0 saturated carbocycles. The lowest BCUT2D eigenvalue weighted by Crippen LogP contribution is -2.41. The first-order chi connectivity index (χ1) is 17.7. The minimum Gasteiger partial charge on any atom is -0.481 e. The number of rotatable bonds is 9. The summed E-state index contributed by atoms with van der Waals surface area (Å²) >= 11 is 0. The van der Waals surface area contributed by atoms with Crippen molar-refractivity contribution in [3.05, 3.63) is 77.6 Å². The molecule has 0 spiro atoms. The van der Waals surface area contributed by atoms with Gasteiger partial charge in [0.15, 0.2) is 5.69 Å². The highest BCUT2D eigenvalue weighted by Crippen LogP contribution is 2.26. The predicted molar refractivity (Wildman–Crippen MR) is 138 cm³/mol. The average molecular weight is 505 g/mol. The number of nitrogens with one attached hydrogen (secondary N) is 2. The van der Waals surface area contributed by atoms with Crippen LogP contribution < -0.4 is 5.32 Å². The van der Waals surface area contributed by atoms with Gasteiger partial charge in [0.05, 0.1) is 18.6 Å².